The van der Waals surface area contributed by atoms with Gasteiger partial charge in [0.1, 0.15) is 11.5 Å². The van der Waals surface area contributed by atoms with Crippen molar-refractivity contribution in [3.8, 4) is 0 Å². The number of sulfonamides is 1. The molecule has 40 heavy (non-hydrogen) atoms. The smallest absolute Gasteiger partial charge is 0.329 e. The van der Waals surface area contributed by atoms with Crippen molar-refractivity contribution in [2.75, 3.05) is 5.32 Å². The Morgan fingerprint density at radius 3 is 1.98 bits per heavy atom. The van der Waals surface area contributed by atoms with E-state index in [1.165, 1.54) is 10.5 Å². The standard InChI is InChI=1S/C30H30N4O5S/c1-21-4-10-24(11-5-21)19-34(40(37,38)28-16-8-23(3)9-17-28)20-27-15-14-26(39-27)18-31-33-30(36)29(35)32-25-12-6-22(2)7-13-25/h4-18H,19-20H2,1-3H3,(H,32,35)(H,33,36)/b31-18+. The third kappa shape index (κ3) is 7.52. The minimum absolute atomic E-state index is 0.0246. The van der Waals surface area contributed by atoms with Crippen LogP contribution in [0.25, 0.3) is 0 Å². The molecule has 10 heteroatoms. The minimum atomic E-state index is -3.84. The second-order valence-electron chi connectivity index (χ2n) is 9.40. The van der Waals surface area contributed by atoms with Gasteiger partial charge in [0.15, 0.2) is 0 Å². The van der Waals surface area contributed by atoms with Crippen LogP contribution in [-0.4, -0.2) is 30.8 Å². The normalized spacial score (nSPS) is 11.6. The number of hydrogen-bond acceptors (Lipinski definition) is 6. The molecule has 2 amide bonds. The molecule has 0 spiro atoms. The van der Waals surface area contributed by atoms with E-state index >= 15 is 0 Å². The number of nitrogens with one attached hydrogen (secondary N) is 2. The summed E-state index contributed by atoms with van der Waals surface area (Å²) in [5.74, 6) is -1.16. The Balaban J connectivity index is 1.44. The second kappa shape index (κ2) is 12.5. The zero-order chi connectivity index (χ0) is 28.7. The van der Waals surface area contributed by atoms with E-state index in [1.807, 2.05) is 57.2 Å². The Hall–Kier alpha value is -4.54. The van der Waals surface area contributed by atoms with Crippen LogP contribution in [0.3, 0.4) is 0 Å². The third-order valence-corrected chi connectivity index (χ3v) is 7.83. The maximum Gasteiger partial charge on any atom is 0.329 e. The lowest BCUT2D eigenvalue weighted by molar-refractivity contribution is -0.136. The van der Waals surface area contributed by atoms with Crippen molar-refractivity contribution in [1.29, 1.82) is 0 Å². The van der Waals surface area contributed by atoms with Gasteiger partial charge in [-0.3, -0.25) is 9.59 Å². The van der Waals surface area contributed by atoms with E-state index in [9.17, 15) is 18.0 Å². The van der Waals surface area contributed by atoms with Crippen molar-refractivity contribution in [1.82, 2.24) is 9.73 Å². The molecule has 206 valence electrons. The van der Waals surface area contributed by atoms with Crippen LogP contribution in [0.1, 0.15) is 33.8 Å². The Kier molecular flexibility index (Phi) is 8.93. The summed E-state index contributed by atoms with van der Waals surface area (Å²) in [6, 6.07) is 24.6. The molecular formula is C30H30N4O5S. The molecule has 4 rings (SSSR count). The van der Waals surface area contributed by atoms with E-state index in [0.29, 0.717) is 11.4 Å². The zero-order valence-corrected chi connectivity index (χ0v) is 23.2. The Labute approximate surface area is 233 Å². The summed E-state index contributed by atoms with van der Waals surface area (Å²) >= 11 is 0. The lowest BCUT2D eigenvalue weighted by Gasteiger charge is -2.21. The highest BCUT2D eigenvalue weighted by molar-refractivity contribution is 7.89. The summed E-state index contributed by atoms with van der Waals surface area (Å²) in [6.07, 6.45) is 1.24. The van der Waals surface area contributed by atoms with Crippen molar-refractivity contribution >= 4 is 33.7 Å². The maximum atomic E-state index is 13.6. The summed E-state index contributed by atoms with van der Waals surface area (Å²) in [4.78, 5) is 24.3. The Morgan fingerprint density at radius 1 is 0.775 bits per heavy atom. The van der Waals surface area contributed by atoms with Gasteiger partial charge in [0.2, 0.25) is 10.0 Å². The van der Waals surface area contributed by atoms with Crippen LogP contribution in [0.5, 0.6) is 0 Å². The van der Waals surface area contributed by atoms with Gasteiger partial charge in [-0.15, -0.1) is 0 Å². The van der Waals surface area contributed by atoms with Gasteiger partial charge in [0, 0.05) is 12.2 Å². The molecule has 0 aliphatic rings. The highest BCUT2D eigenvalue weighted by Gasteiger charge is 2.26. The molecule has 9 nitrogen and oxygen atoms in total. The molecule has 1 aromatic heterocycles. The number of hydrazone groups is 1. The summed E-state index contributed by atoms with van der Waals surface area (Å²) in [5, 5.41) is 6.27. The van der Waals surface area contributed by atoms with Crippen molar-refractivity contribution in [2.45, 2.75) is 38.8 Å². The first-order chi connectivity index (χ1) is 19.1. The zero-order valence-electron chi connectivity index (χ0n) is 22.4. The molecule has 0 fully saturated rings. The molecule has 4 aromatic rings. The first-order valence-electron chi connectivity index (χ1n) is 12.5. The van der Waals surface area contributed by atoms with E-state index in [-0.39, 0.29) is 23.7 Å². The van der Waals surface area contributed by atoms with E-state index < -0.39 is 21.8 Å². The minimum Gasteiger partial charge on any atom is -0.459 e. The SMILES string of the molecule is Cc1ccc(CN(Cc2ccc(/C=N/NC(=O)C(=O)Nc3ccc(C)cc3)o2)S(=O)(=O)c2ccc(C)cc2)cc1. The molecule has 0 bridgehead atoms. The first-order valence-corrected chi connectivity index (χ1v) is 14.0. The van der Waals surface area contributed by atoms with Crippen LogP contribution in [0.2, 0.25) is 0 Å². The highest BCUT2D eigenvalue weighted by Crippen LogP contribution is 2.22. The largest absolute Gasteiger partial charge is 0.459 e. The van der Waals surface area contributed by atoms with Crippen LogP contribution < -0.4 is 10.7 Å². The van der Waals surface area contributed by atoms with Crippen molar-refractivity contribution < 1.29 is 22.4 Å². The van der Waals surface area contributed by atoms with Gasteiger partial charge >= 0.3 is 11.8 Å². The predicted octanol–water partition coefficient (Wildman–Crippen LogP) is 4.68. The molecule has 0 unspecified atom stereocenters. The Bertz CT molecular complexity index is 1610. The number of carbonyl (C=O) groups is 2. The number of hydrogen-bond donors (Lipinski definition) is 2. The number of benzene rings is 3. The lowest BCUT2D eigenvalue weighted by atomic mass is 10.1. The highest BCUT2D eigenvalue weighted by atomic mass is 32.2. The van der Waals surface area contributed by atoms with Crippen molar-refractivity contribution in [2.24, 2.45) is 5.10 Å². The van der Waals surface area contributed by atoms with Crippen LogP contribution in [0.4, 0.5) is 5.69 Å². The molecule has 0 saturated heterocycles. The van der Waals surface area contributed by atoms with Gasteiger partial charge in [0.25, 0.3) is 0 Å². The molecule has 1 heterocycles. The lowest BCUT2D eigenvalue weighted by Crippen LogP contribution is -2.32. The monoisotopic (exact) mass is 558 g/mol. The number of rotatable bonds is 9. The molecule has 0 atom stereocenters. The fourth-order valence-corrected chi connectivity index (χ4v) is 5.13. The fourth-order valence-electron chi connectivity index (χ4n) is 3.74. The molecule has 0 saturated carbocycles. The van der Waals surface area contributed by atoms with Gasteiger partial charge < -0.3 is 9.73 Å². The number of amides is 2. The number of nitrogens with zero attached hydrogens (tertiary/aromatic N) is 2. The van der Waals surface area contributed by atoms with Crippen molar-refractivity contribution in [3.05, 3.63) is 119 Å². The van der Waals surface area contributed by atoms with Gasteiger partial charge in [0.05, 0.1) is 17.7 Å². The Morgan fingerprint density at radius 2 is 1.35 bits per heavy atom. The van der Waals surface area contributed by atoms with E-state index in [4.69, 9.17) is 4.42 Å². The number of carbonyl (C=O) groups excluding carboxylic acids is 2. The van der Waals surface area contributed by atoms with Crippen molar-refractivity contribution in [3.63, 3.8) is 0 Å². The number of furan rings is 1. The van der Waals surface area contributed by atoms with E-state index in [1.54, 1.807) is 48.5 Å². The fraction of sp³-hybridized carbons (Fsp3) is 0.167. The second-order valence-corrected chi connectivity index (χ2v) is 11.3. The van der Waals surface area contributed by atoms with E-state index in [0.717, 1.165) is 22.3 Å². The number of anilines is 1. The van der Waals surface area contributed by atoms with Gasteiger partial charge in [-0.1, -0.05) is 65.2 Å². The average Bonchev–Trinajstić information content (AvgIpc) is 3.38. The summed E-state index contributed by atoms with van der Waals surface area (Å²) in [6.45, 7) is 5.90. The predicted molar refractivity (Wildman–Crippen MR) is 153 cm³/mol. The first kappa shape index (κ1) is 28.5. The van der Waals surface area contributed by atoms with Crippen LogP contribution in [0.15, 0.2) is 99.3 Å². The van der Waals surface area contributed by atoms with Gasteiger partial charge in [-0.2, -0.15) is 9.41 Å². The average molecular weight is 559 g/mol. The summed E-state index contributed by atoms with van der Waals surface area (Å²) in [5.41, 5.74) is 6.53. The maximum absolute atomic E-state index is 13.6. The quantitative estimate of drug-likeness (QED) is 0.175. The molecule has 3 aromatic carbocycles. The molecule has 0 aliphatic heterocycles. The topological polar surface area (TPSA) is 121 Å². The van der Waals surface area contributed by atoms with E-state index in [2.05, 4.69) is 15.8 Å². The summed E-state index contributed by atoms with van der Waals surface area (Å²) < 4.78 is 34.2. The number of aryl methyl sites for hydroxylation is 3. The van der Waals surface area contributed by atoms with Crippen LogP contribution >= 0.6 is 0 Å². The van der Waals surface area contributed by atoms with Gasteiger partial charge in [-0.25, -0.2) is 13.8 Å². The van der Waals surface area contributed by atoms with Gasteiger partial charge in [-0.05, 0) is 62.7 Å². The molecule has 0 radical (unpaired) electrons. The van der Waals surface area contributed by atoms with Crippen LogP contribution in [-0.2, 0) is 32.7 Å². The van der Waals surface area contributed by atoms with Crippen LogP contribution in [0, 0.1) is 20.8 Å². The molecule has 2 N–H and O–H groups in total. The molecular weight excluding hydrogens is 528 g/mol. The third-order valence-electron chi connectivity index (χ3n) is 6.03. The summed E-state index contributed by atoms with van der Waals surface area (Å²) in [7, 11) is -3.84. The molecule has 0 aliphatic carbocycles.